The molecule has 1 aliphatic carbocycles. The van der Waals surface area contributed by atoms with Crippen molar-refractivity contribution in [3.8, 4) is 16.9 Å². The highest BCUT2D eigenvalue weighted by Crippen LogP contribution is 2.52. The average molecular weight is 895 g/mol. The number of aryl methyl sites for hydroxylation is 2. The van der Waals surface area contributed by atoms with E-state index < -0.39 is 13.2 Å². The quantitative estimate of drug-likeness (QED) is 0.140. The highest BCUT2D eigenvalue weighted by molar-refractivity contribution is 9.10. The minimum Gasteiger partial charge on any atom is -0.494 e. The van der Waals surface area contributed by atoms with E-state index in [-0.39, 0.29) is 6.09 Å². The Balaban J connectivity index is 1.07. The van der Waals surface area contributed by atoms with Crippen LogP contribution in [-0.4, -0.2) is 108 Å². The SMILES string of the molecule is COc1cc(N2CCN(C3CC4(CCN(C(=O)OC(C)(C)C)CC4)C3)CC2)c(-c2cnn(C)c2)cc1Nc1ncc(Br)c(Nc2ccc(C)c(C)c2P(=O)(OC)OC)n1. The van der Waals surface area contributed by atoms with Crippen molar-refractivity contribution < 1.29 is 27.9 Å². The molecule has 3 fully saturated rings. The van der Waals surface area contributed by atoms with Crippen LogP contribution in [0, 0.1) is 19.3 Å². The van der Waals surface area contributed by atoms with E-state index in [9.17, 15) is 9.36 Å². The normalized spacial score (nSPS) is 17.5. The lowest BCUT2D eigenvalue weighted by Crippen LogP contribution is -2.59. The van der Waals surface area contributed by atoms with Crippen LogP contribution in [0.4, 0.5) is 33.6 Å². The average Bonchev–Trinajstić information content (AvgIpc) is 3.64. The topological polar surface area (TPSA) is 148 Å². The number of piperidine rings is 1. The first-order chi connectivity index (χ1) is 28.0. The molecular weight excluding hydrogens is 837 g/mol. The van der Waals surface area contributed by atoms with E-state index >= 15 is 0 Å². The van der Waals surface area contributed by atoms with Crippen molar-refractivity contribution in [3.63, 3.8) is 0 Å². The lowest BCUT2D eigenvalue weighted by molar-refractivity contribution is -0.0489. The minimum absolute atomic E-state index is 0.193. The van der Waals surface area contributed by atoms with Crippen molar-refractivity contribution in [2.24, 2.45) is 12.5 Å². The van der Waals surface area contributed by atoms with Crippen LogP contribution >= 0.6 is 23.5 Å². The Labute approximate surface area is 355 Å². The lowest BCUT2D eigenvalue weighted by atomic mass is 9.60. The molecule has 2 N–H and O–H groups in total. The van der Waals surface area contributed by atoms with Gasteiger partial charge in [0.15, 0.2) is 0 Å². The predicted octanol–water partition coefficient (Wildman–Crippen LogP) is 8.17. The third kappa shape index (κ3) is 9.12. The number of piperazine rings is 1. The number of anilines is 5. The van der Waals surface area contributed by atoms with E-state index in [1.165, 1.54) is 27.1 Å². The molecule has 2 aromatic carbocycles. The van der Waals surface area contributed by atoms with Gasteiger partial charge in [0.1, 0.15) is 17.2 Å². The number of hydrogen-bond donors (Lipinski definition) is 2. The number of carbonyl (C=O) groups excluding carboxylic acids is 1. The van der Waals surface area contributed by atoms with Gasteiger partial charge in [-0.1, -0.05) is 6.07 Å². The molecule has 59 heavy (non-hydrogen) atoms. The molecule has 4 aromatic rings. The Morgan fingerprint density at radius 3 is 2.25 bits per heavy atom. The molecule has 2 aliphatic heterocycles. The van der Waals surface area contributed by atoms with Gasteiger partial charge in [-0.2, -0.15) is 10.1 Å². The van der Waals surface area contributed by atoms with Crippen molar-refractivity contribution in [3.05, 3.63) is 58.5 Å². The van der Waals surface area contributed by atoms with Gasteiger partial charge in [-0.05, 0) is 105 Å². The van der Waals surface area contributed by atoms with Crippen molar-refractivity contribution in [2.45, 2.75) is 71.9 Å². The molecule has 1 spiro atoms. The molecule has 7 rings (SSSR count). The lowest BCUT2D eigenvalue weighted by Gasteiger charge is -2.56. The van der Waals surface area contributed by atoms with Crippen molar-refractivity contribution >= 4 is 63.8 Å². The number of nitrogens with one attached hydrogen (secondary N) is 2. The van der Waals surface area contributed by atoms with Crippen LogP contribution in [0.2, 0.25) is 0 Å². The second-order valence-corrected chi connectivity index (χ2v) is 20.0. The highest BCUT2D eigenvalue weighted by Gasteiger charge is 2.49. The Morgan fingerprint density at radius 1 is 0.949 bits per heavy atom. The number of ether oxygens (including phenoxy) is 2. The van der Waals surface area contributed by atoms with Crippen LogP contribution in [0.5, 0.6) is 5.75 Å². The fourth-order valence-electron chi connectivity index (χ4n) is 8.59. The summed E-state index contributed by atoms with van der Waals surface area (Å²) in [6.45, 7) is 14.8. The molecular formula is C42H57BrN9O6P. The summed E-state index contributed by atoms with van der Waals surface area (Å²) < 4.78 is 38.6. The minimum atomic E-state index is -3.62. The number of hydrogen-bond acceptors (Lipinski definition) is 13. The fourth-order valence-corrected chi connectivity index (χ4v) is 10.4. The molecule has 4 heterocycles. The Hall–Kier alpha value is -4.21. The summed E-state index contributed by atoms with van der Waals surface area (Å²) in [5.74, 6) is 1.43. The third-order valence-electron chi connectivity index (χ3n) is 12.0. The zero-order valence-corrected chi connectivity index (χ0v) is 38.1. The number of likely N-dealkylation sites (tertiary alicyclic amines) is 1. The molecule has 0 bridgehead atoms. The maximum absolute atomic E-state index is 13.7. The molecule has 1 saturated carbocycles. The Bertz CT molecular complexity index is 2210. The van der Waals surface area contributed by atoms with E-state index in [2.05, 4.69) is 58.6 Å². The van der Waals surface area contributed by atoms with Crippen molar-refractivity contribution in [1.29, 1.82) is 0 Å². The van der Waals surface area contributed by atoms with Crippen molar-refractivity contribution in [2.75, 3.05) is 76.1 Å². The molecule has 15 nitrogen and oxygen atoms in total. The monoisotopic (exact) mass is 893 g/mol. The standard InChI is InChI=1S/C42H57BrN9O6P/c1-27-10-11-33(37(28(27)2)59(54,56-8)57-9)46-38-32(43)25-44-39(48-38)47-34-20-31(29-24-45-49(6)26-29)35(21-36(34)55-7)51-18-16-50(17-19-51)30-22-42(23-30)12-14-52(15-13-42)40(53)58-41(3,4)5/h10-11,20-21,24-26,30H,12-19,22-23H2,1-9H3,(H2,44,46,47,48). The number of benzene rings is 2. The number of rotatable bonds is 11. The number of amides is 1. The van der Waals surface area contributed by atoms with E-state index in [1.807, 2.05) is 75.8 Å². The van der Waals surface area contributed by atoms with E-state index in [4.69, 9.17) is 23.5 Å². The van der Waals surface area contributed by atoms with Gasteiger partial charge in [-0.15, -0.1) is 0 Å². The molecule has 2 aromatic heterocycles. The third-order valence-corrected chi connectivity index (χ3v) is 14.7. The zero-order chi connectivity index (χ0) is 42.3. The summed E-state index contributed by atoms with van der Waals surface area (Å²) >= 11 is 3.59. The molecule has 0 radical (unpaired) electrons. The summed E-state index contributed by atoms with van der Waals surface area (Å²) in [5, 5.41) is 11.7. The first-order valence-electron chi connectivity index (χ1n) is 20.1. The van der Waals surface area contributed by atoms with Gasteiger partial charge in [0.05, 0.1) is 34.5 Å². The first-order valence-corrected chi connectivity index (χ1v) is 22.4. The molecule has 1 amide bonds. The van der Waals surface area contributed by atoms with Gasteiger partial charge in [-0.25, -0.2) is 9.78 Å². The van der Waals surface area contributed by atoms with Gasteiger partial charge in [-0.3, -0.25) is 14.1 Å². The van der Waals surface area contributed by atoms with Crippen LogP contribution in [0.1, 0.15) is 57.6 Å². The number of aromatic nitrogens is 4. The summed E-state index contributed by atoms with van der Waals surface area (Å²) in [5.41, 5.74) is 5.91. The van der Waals surface area contributed by atoms with Gasteiger partial charge in [0.25, 0.3) is 0 Å². The number of methoxy groups -OCH3 is 1. The maximum Gasteiger partial charge on any atom is 0.410 e. The second kappa shape index (κ2) is 17.0. The number of nitrogens with zero attached hydrogens (tertiary/aromatic N) is 7. The van der Waals surface area contributed by atoms with Crippen molar-refractivity contribution in [1.82, 2.24) is 29.5 Å². The molecule has 3 aliphatic rings. The van der Waals surface area contributed by atoms with Gasteiger partial charge >= 0.3 is 13.7 Å². The van der Waals surface area contributed by atoms with Gasteiger partial charge in [0, 0.05) is 102 Å². The zero-order valence-electron chi connectivity index (χ0n) is 35.6. The summed E-state index contributed by atoms with van der Waals surface area (Å²) in [4.78, 5) is 29.0. The second-order valence-electron chi connectivity index (χ2n) is 16.9. The Kier molecular flexibility index (Phi) is 12.4. The first kappa shape index (κ1) is 42.9. The molecule has 318 valence electrons. The number of carbonyl (C=O) groups is 1. The van der Waals surface area contributed by atoms with Crippen LogP contribution < -0.4 is 25.6 Å². The number of halogens is 1. The molecule has 17 heteroatoms. The molecule has 2 saturated heterocycles. The molecule has 0 unspecified atom stereocenters. The van der Waals surface area contributed by atoms with Crippen LogP contribution in [0.3, 0.4) is 0 Å². The van der Waals surface area contributed by atoms with E-state index in [1.54, 1.807) is 13.3 Å². The summed E-state index contributed by atoms with van der Waals surface area (Å²) in [7, 11) is 2.72. The summed E-state index contributed by atoms with van der Waals surface area (Å²) in [6, 6.07) is 8.52. The highest BCUT2D eigenvalue weighted by atomic mass is 79.9. The van der Waals surface area contributed by atoms with E-state index in [0.29, 0.717) is 50.1 Å². The Morgan fingerprint density at radius 2 is 1.64 bits per heavy atom. The van der Waals surface area contributed by atoms with Gasteiger partial charge < -0.3 is 39.0 Å². The smallest absolute Gasteiger partial charge is 0.410 e. The van der Waals surface area contributed by atoms with Crippen LogP contribution in [0.25, 0.3) is 11.1 Å². The maximum atomic E-state index is 13.7. The van der Waals surface area contributed by atoms with Crippen LogP contribution in [0.15, 0.2) is 47.3 Å². The van der Waals surface area contributed by atoms with Crippen LogP contribution in [-0.2, 0) is 25.4 Å². The predicted molar refractivity (Wildman–Crippen MR) is 235 cm³/mol. The molecule has 0 atom stereocenters. The summed E-state index contributed by atoms with van der Waals surface area (Å²) in [6.07, 6.45) is 9.82. The van der Waals surface area contributed by atoms with E-state index in [0.717, 1.165) is 80.1 Å². The largest absolute Gasteiger partial charge is 0.494 e. The van der Waals surface area contributed by atoms with Gasteiger partial charge in [0.2, 0.25) is 5.95 Å². The fraction of sp³-hybridized carbons (Fsp3) is 0.524.